The van der Waals surface area contributed by atoms with Gasteiger partial charge in [-0.05, 0) is 18.1 Å². The zero-order chi connectivity index (χ0) is 9.97. The van der Waals surface area contributed by atoms with Crippen LogP contribution in [0.1, 0.15) is 28.4 Å². The number of carboxylic acids is 1. The summed E-state index contributed by atoms with van der Waals surface area (Å²) in [5.74, 6) is -0.906. The third-order valence-electron chi connectivity index (χ3n) is 2.27. The molecule has 1 unspecified atom stereocenters. The van der Waals surface area contributed by atoms with E-state index in [2.05, 4.69) is 5.48 Å². The molecule has 0 bridgehead atoms. The van der Waals surface area contributed by atoms with Crippen LogP contribution in [0.15, 0.2) is 24.3 Å². The van der Waals surface area contributed by atoms with E-state index in [-0.39, 0.29) is 6.10 Å². The van der Waals surface area contributed by atoms with E-state index in [0.29, 0.717) is 5.56 Å². The monoisotopic (exact) mass is 193 g/mol. The minimum atomic E-state index is -0.906. The van der Waals surface area contributed by atoms with E-state index >= 15 is 0 Å². The highest BCUT2D eigenvalue weighted by atomic mass is 16.7. The Morgan fingerprint density at radius 3 is 2.93 bits per heavy atom. The van der Waals surface area contributed by atoms with E-state index in [0.717, 1.165) is 18.5 Å². The first-order valence-electron chi connectivity index (χ1n) is 4.50. The summed E-state index contributed by atoms with van der Waals surface area (Å²) in [5.41, 5.74) is 3.81. The van der Waals surface area contributed by atoms with Crippen molar-refractivity contribution in [2.24, 2.45) is 0 Å². The molecule has 1 aromatic rings. The number of hydrogen-bond donors (Lipinski definition) is 2. The van der Waals surface area contributed by atoms with Crippen molar-refractivity contribution in [2.45, 2.75) is 12.5 Å². The molecule has 0 aromatic heterocycles. The normalized spacial score (nSPS) is 21.0. The molecule has 1 aromatic carbocycles. The summed E-state index contributed by atoms with van der Waals surface area (Å²) in [7, 11) is 0. The standard InChI is InChI=1S/C10H11NO3/c12-10(13)8-4-2-1-3-7(8)9-5-6-11-14-9/h1-4,9,11H,5-6H2,(H,12,13). The number of benzene rings is 1. The van der Waals surface area contributed by atoms with Crippen LogP contribution in [0.25, 0.3) is 0 Å². The van der Waals surface area contributed by atoms with Crippen molar-refractivity contribution in [2.75, 3.05) is 6.54 Å². The molecule has 14 heavy (non-hydrogen) atoms. The zero-order valence-corrected chi connectivity index (χ0v) is 7.56. The van der Waals surface area contributed by atoms with Crippen molar-refractivity contribution < 1.29 is 14.7 Å². The van der Waals surface area contributed by atoms with E-state index in [1.807, 2.05) is 6.07 Å². The molecule has 0 saturated carbocycles. The van der Waals surface area contributed by atoms with Gasteiger partial charge in [-0.3, -0.25) is 4.84 Å². The molecule has 0 aliphatic carbocycles. The smallest absolute Gasteiger partial charge is 0.336 e. The van der Waals surface area contributed by atoms with Gasteiger partial charge in [-0.1, -0.05) is 18.2 Å². The molecule has 0 spiro atoms. The Morgan fingerprint density at radius 2 is 2.29 bits per heavy atom. The van der Waals surface area contributed by atoms with Gasteiger partial charge in [-0.15, -0.1) is 0 Å². The average Bonchev–Trinajstić information content (AvgIpc) is 2.70. The first kappa shape index (κ1) is 9.18. The van der Waals surface area contributed by atoms with Gasteiger partial charge in [0, 0.05) is 6.54 Å². The molecule has 4 nitrogen and oxygen atoms in total. The van der Waals surface area contributed by atoms with Gasteiger partial charge >= 0.3 is 5.97 Å². The molecule has 4 heteroatoms. The van der Waals surface area contributed by atoms with Crippen molar-refractivity contribution in [1.29, 1.82) is 0 Å². The van der Waals surface area contributed by atoms with Crippen LogP contribution in [0, 0.1) is 0 Å². The molecule has 1 aliphatic rings. The SMILES string of the molecule is O=C(O)c1ccccc1C1CCNO1. The van der Waals surface area contributed by atoms with E-state index in [1.165, 1.54) is 0 Å². The largest absolute Gasteiger partial charge is 0.478 e. The minimum absolute atomic E-state index is 0.137. The fraction of sp³-hybridized carbons (Fsp3) is 0.300. The van der Waals surface area contributed by atoms with Gasteiger partial charge < -0.3 is 5.11 Å². The summed E-state index contributed by atoms with van der Waals surface area (Å²) in [4.78, 5) is 16.1. The summed E-state index contributed by atoms with van der Waals surface area (Å²) in [5, 5.41) is 8.95. The van der Waals surface area contributed by atoms with Crippen molar-refractivity contribution in [3.05, 3.63) is 35.4 Å². The summed E-state index contributed by atoms with van der Waals surface area (Å²) < 4.78 is 0. The highest BCUT2D eigenvalue weighted by molar-refractivity contribution is 5.89. The van der Waals surface area contributed by atoms with Crippen molar-refractivity contribution in [3.8, 4) is 0 Å². The predicted molar refractivity (Wildman–Crippen MR) is 49.8 cm³/mol. The highest BCUT2D eigenvalue weighted by Gasteiger charge is 2.22. The first-order valence-corrected chi connectivity index (χ1v) is 4.50. The van der Waals surface area contributed by atoms with Crippen LogP contribution in [0.5, 0.6) is 0 Å². The number of carboxylic acid groups (broad SMARTS) is 1. The molecule has 0 radical (unpaired) electrons. The van der Waals surface area contributed by atoms with E-state index in [1.54, 1.807) is 18.2 Å². The lowest BCUT2D eigenvalue weighted by molar-refractivity contribution is 0.0322. The van der Waals surface area contributed by atoms with E-state index < -0.39 is 5.97 Å². The predicted octanol–water partition coefficient (Wildman–Crippen LogP) is 1.35. The average molecular weight is 193 g/mol. The summed E-state index contributed by atoms with van der Waals surface area (Å²) in [6.07, 6.45) is 0.673. The number of hydroxylamine groups is 1. The van der Waals surface area contributed by atoms with Crippen molar-refractivity contribution >= 4 is 5.97 Å². The van der Waals surface area contributed by atoms with E-state index in [9.17, 15) is 4.79 Å². The van der Waals surface area contributed by atoms with Crippen LogP contribution in [0.3, 0.4) is 0 Å². The van der Waals surface area contributed by atoms with Gasteiger partial charge in [-0.25, -0.2) is 10.3 Å². The molecule has 2 N–H and O–H groups in total. The molecule has 0 amide bonds. The number of nitrogens with one attached hydrogen (secondary N) is 1. The molecular weight excluding hydrogens is 182 g/mol. The van der Waals surface area contributed by atoms with Crippen LogP contribution in [0.2, 0.25) is 0 Å². The lowest BCUT2D eigenvalue weighted by Gasteiger charge is -2.10. The Hall–Kier alpha value is -1.39. The summed E-state index contributed by atoms with van der Waals surface area (Å²) in [6.45, 7) is 0.763. The number of hydrogen-bond acceptors (Lipinski definition) is 3. The lowest BCUT2D eigenvalue weighted by Crippen LogP contribution is -2.08. The Kier molecular flexibility index (Phi) is 2.47. The van der Waals surface area contributed by atoms with Gasteiger partial charge in [0.05, 0.1) is 5.56 Å². The van der Waals surface area contributed by atoms with Gasteiger partial charge in [-0.2, -0.15) is 0 Å². The van der Waals surface area contributed by atoms with Gasteiger partial charge in [0.1, 0.15) is 6.10 Å². The summed E-state index contributed by atoms with van der Waals surface area (Å²) in [6, 6.07) is 6.93. The van der Waals surface area contributed by atoms with Crippen molar-refractivity contribution in [3.63, 3.8) is 0 Å². The van der Waals surface area contributed by atoms with Gasteiger partial charge in [0.2, 0.25) is 0 Å². The Labute approximate surface area is 81.5 Å². The minimum Gasteiger partial charge on any atom is -0.478 e. The molecule has 1 saturated heterocycles. The second-order valence-corrected chi connectivity index (χ2v) is 3.18. The van der Waals surface area contributed by atoms with Gasteiger partial charge in [0.15, 0.2) is 0 Å². The van der Waals surface area contributed by atoms with Crippen LogP contribution in [0.4, 0.5) is 0 Å². The fourth-order valence-corrected chi connectivity index (χ4v) is 1.60. The van der Waals surface area contributed by atoms with Crippen LogP contribution in [-0.4, -0.2) is 17.6 Å². The van der Waals surface area contributed by atoms with Gasteiger partial charge in [0.25, 0.3) is 0 Å². The van der Waals surface area contributed by atoms with Crippen LogP contribution < -0.4 is 5.48 Å². The molecule has 1 heterocycles. The quantitative estimate of drug-likeness (QED) is 0.744. The third kappa shape index (κ3) is 1.62. The van der Waals surface area contributed by atoms with Crippen molar-refractivity contribution in [1.82, 2.24) is 5.48 Å². The number of aromatic carboxylic acids is 1. The second-order valence-electron chi connectivity index (χ2n) is 3.18. The van der Waals surface area contributed by atoms with Crippen LogP contribution >= 0.6 is 0 Å². The molecule has 74 valence electrons. The topological polar surface area (TPSA) is 58.6 Å². The Balaban J connectivity index is 2.35. The molecule has 1 aliphatic heterocycles. The third-order valence-corrected chi connectivity index (χ3v) is 2.27. The summed E-state index contributed by atoms with van der Waals surface area (Å²) >= 11 is 0. The maximum absolute atomic E-state index is 10.9. The Morgan fingerprint density at radius 1 is 1.50 bits per heavy atom. The lowest BCUT2D eigenvalue weighted by atomic mass is 10.0. The first-order chi connectivity index (χ1) is 6.79. The molecule has 1 fully saturated rings. The highest BCUT2D eigenvalue weighted by Crippen LogP contribution is 2.26. The molecular formula is C10H11NO3. The Bertz CT molecular complexity index is 345. The zero-order valence-electron chi connectivity index (χ0n) is 7.56. The maximum Gasteiger partial charge on any atom is 0.336 e. The second kappa shape index (κ2) is 3.77. The molecule has 1 atom stereocenters. The maximum atomic E-state index is 10.9. The number of rotatable bonds is 2. The number of carbonyl (C=O) groups is 1. The molecule has 2 rings (SSSR count). The van der Waals surface area contributed by atoms with Crippen LogP contribution in [-0.2, 0) is 4.84 Å². The fourth-order valence-electron chi connectivity index (χ4n) is 1.60. The van der Waals surface area contributed by atoms with E-state index in [4.69, 9.17) is 9.94 Å².